The van der Waals surface area contributed by atoms with E-state index in [9.17, 15) is 24.4 Å². The van der Waals surface area contributed by atoms with E-state index in [1.807, 2.05) is 26.0 Å². The lowest BCUT2D eigenvalue weighted by Gasteiger charge is -2.36. The average Bonchev–Trinajstić information content (AvgIpc) is 3.97. The number of hydrogen-bond donors (Lipinski definition) is 6. The van der Waals surface area contributed by atoms with Gasteiger partial charge < -0.3 is 36.8 Å². The third kappa shape index (κ3) is 6.63. The van der Waals surface area contributed by atoms with Gasteiger partial charge in [-0.2, -0.15) is 0 Å². The van der Waals surface area contributed by atoms with Crippen molar-refractivity contribution in [3.63, 3.8) is 0 Å². The van der Waals surface area contributed by atoms with Crippen molar-refractivity contribution >= 4 is 58.2 Å². The van der Waals surface area contributed by atoms with Gasteiger partial charge in [0.05, 0.1) is 22.5 Å². The Morgan fingerprint density at radius 1 is 1.04 bits per heavy atom. The number of fused-ring (bicyclic) bond motifs is 1. The Labute approximate surface area is 284 Å². The standard InChI is InChI=1S/C35H42ClN7O5/c1-18(2)27-17-43(34(47)40-27)35(33(46)39-26-7-5-4-6-25(26)36)15-22-12-13-24(14-23(22)16-35)38-32(45)30(28(20-8-9-20)21-10-11-21)41-31(44)29(42-48)19(3)37/h4-7,12-14,18,20-21,27-28,30,37,48H,8-11,15-17H2,1-3H3,(H,38,45)(H,39,46)(H,40,47)(H,41,44)/b37-19?,42-29+/t27-,30-,35?/m0/s1. The summed E-state index contributed by atoms with van der Waals surface area (Å²) >= 11 is 6.40. The number of carbonyl (C=O) groups is 4. The maximum Gasteiger partial charge on any atom is 0.318 e. The second kappa shape index (κ2) is 13.2. The monoisotopic (exact) mass is 675 g/mol. The molecule has 5 amide bonds. The molecule has 12 nitrogen and oxygen atoms in total. The van der Waals surface area contributed by atoms with Gasteiger partial charge >= 0.3 is 6.03 Å². The molecule has 1 heterocycles. The Bertz CT molecular complexity index is 1670. The molecule has 48 heavy (non-hydrogen) atoms. The minimum Gasteiger partial charge on any atom is -0.410 e. The molecule has 0 bridgehead atoms. The van der Waals surface area contributed by atoms with E-state index in [1.54, 1.807) is 35.2 Å². The molecule has 1 unspecified atom stereocenters. The third-order valence-electron chi connectivity index (χ3n) is 10.2. The number of benzene rings is 2. The summed E-state index contributed by atoms with van der Waals surface area (Å²) in [6.07, 6.45) is 4.41. The number of hydrogen-bond acceptors (Lipinski definition) is 7. The normalized spacial score (nSPS) is 22.7. The SMILES string of the molecule is CC(=N)/C(=N\O)C(=O)N[C@H](C(=O)Nc1ccc2c(c1)CC(C(=O)Nc1ccccc1Cl)(N1C[C@@H](C(C)C)NC1=O)C2)C(C1CC1)C1CC1. The molecule has 0 aromatic heterocycles. The van der Waals surface area contributed by atoms with Crippen LogP contribution in [0, 0.1) is 29.1 Å². The highest BCUT2D eigenvalue weighted by atomic mass is 35.5. The van der Waals surface area contributed by atoms with Crippen molar-refractivity contribution in [1.29, 1.82) is 5.41 Å². The summed E-state index contributed by atoms with van der Waals surface area (Å²) < 4.78 is 0. The van der Waals surface area contributed by atoms with Crippen LogP contribution < -0.4 is 21.3 Å². The molecular formula is C35H42ClN7O5. The van der Waals surface area contributed by atoms with E-state index in [0.29, 0.717) is 34.8 Å². The topological polar surface area (TPSA) is 176 Å². The Hall–Kier alpha value is -4.45. The summed E-state index contributed by atoms with van der Waals surface area (Å²) in [7, 11) is 0. The summed E-state index contributed by atoms with van der Waals surface area (Å²) in [5, 5.41) is 32.3. The molecule has 0 radical (unpaired) electrons. The van der Waals surface area contributed by atoms with Gasteiger partial charge in [-0.3, -0.25) is 14.4 Å². The fourth-order valence-electron chi connectivity index (χ4n) is 7.27. The Morgan fingerprint density at radius 2 is 1.71 bits per heavy atom. The van der Waals surface area contributed by atoms with Gasteiger partial charge in [0.25, 0.3) is 11.8 Å². The van der Waals surface area contributed by atoms with Crippen LogP contribution in [-0.4, -0.2) is 69.5 Å². The zero-order chi connectivity index (χ0) is 34.3. The van der Waals surface area contributed by atoms with E-state index in [0.717, 1.165) is 36.8 Å². The largest absolute Gasteiger partial charge is 0.410 e. The van der Waals surface area contributed by atoms with Gasteiger partial charge in [-0.25, -0.2) is 4.79 Å². The number of halogens is 1. The highest BCUT2D eigenvalue weighted by Gasteiger charge is 2.54. The molecule has 1 aliphatic heterocycles. The highest BCUT2D eigenvalue weighted by Crippen LogP contribution is 2.51. The van der Waals surface area contributed by atoms with Crippen LogP contribution in [-0.2, 0) is 27.2 Å². The fraction of sp³-hybridized carbons (Fsp3) is 0.486. The first-order chi connectivity index (χ1) is 22.9. The van der Waals surface area contributed by atoms with Crippen LogP contribution in [0.15, 0.2) is 47.6 Å². The van der Waals surface area contributed by atoms with Crippen LogP contribution >= 0.6 is 11.6 Å². The van der Waals surface area contributed by atoms with Crippen molar-refractivity contribution in [3.05, 3.63) is 58.6 Å². The van der Waals surface area contributed by atoms with E-state index in [2.05, 4.69) is 26.4 Å². The third-order valence-corrected chi connectivity index (χ3v) is 10.5. The lowest BCUT2D eigenvalue weighted by Crippen LogP contribution is -2.59. The fourth-order valence-corrected chi connectivity index (χ4v) is 7.45. The van der Waals surface area contributed by atoms with Crippen molar-refractivity contribution in [3.8, 4) is 0 Å². The Kier molecular flexibility index (Phi) is 9.21. The number of amides is 5. The molecule has 4 aliphatic rings. The molecule has 0 spiro atoms. The van der Waals surface area contributed by atoms with Gasteiger partial charge in [-0.05, 0) is 91.7 Å². The molecule has 1 saturated heterocycles. The second-order valence-corrected chi connectivity index (χ2v) is 14.4. The van der Waals surface area contributed by atoms with Crippen LogP contribution in [0.2, 0.25) is 5.02 Å². The van der Waals surface area contributed by atoms with Crippen LogP contribution in [0.5, 0.6) is 0 Å². The lowest BCUT2D eigenvalue weighted by atomic mass is 9.88. The quantitative estimate of drug-likeness (QED) is 0.109. The molecule has 3 atom stereocenters. The zero-order valence-electron chi connectivity index (χ0n) is 27.3. The van der Waals surface area contributed by atoms with E-state index >= 15 is 0 Å². The minimum absolute atomic E-state index is 0.0712. The number of urea groups is 1. The van der Waals surface area contributed by atoms with E-state index in [1.165, 1.54) is 6.92 Å². The van der Waals surface area contributed by atoms with E-state index < -0.39 is 29.1 Å². The Morgan fingerprint density at radius 3 is 2.29 bits per heavy atom. The van der Waals surface area contributed by atoms with Crippen LogP contribution in [0.1, 0.15) is 57.6 Å². The summed E-state index contributed by atoms with van der Waals surface area (Å²) in [6, 6.07) is 11.1. The molecule has 13 heteroatoms. The highest BCUT2D eigenvalue weighted by molar-refractivity contribution is 6.65. The number of para-hydroxylation sites is 1. The molecule has 6 N–H and O–H groups in total. The van der Waals surface area contributed by atoms with E-state index in [4.69, 9.17) is 17.0 Å². The van der Waals surface area contributed by atoms with Gasteiger partial charge in [0.15, 0.2) is 5.71 Å². The number of nitrogens with one attached hydrogen (secondary N) is 5. The number of nitrogens with zero attached hydrogens (tertiary/aromatic N) is 2. The molecule has 254 valence electrons. The summed E-state index contributed by atoms with van der Waals surface area (Å²) in [5.41, 5.74) is 0.765. The number of rotatable bonds is 12. The van der Waals surface area contributed by atoms with Crippen molar-refractivity contribution in [2.75, 3.05) is 17.2 Å². The maximum atomic E-state index is 14.2. The molecule has 2 aromatic carbocycles. The maximum absolute atomic E-state index is 14.2. The number of oxime groups is 1. The first-order valence-electron chi connectivity index (χ1n) is 16.6. The number of anilines is 2. The average molecular weight is 676 g/mol. The molecule has 2 aromatic rings. The number of carbonyl (C=O) groups excluding carboxylic acids is 4. The second-order valence-electron chi connectivity index (χ2n) is 14.0. The van der Waals surface area contributed by atoms with Crippen molar-refractivity contribution in [2.45, 2.75) is 76.9 Å². The smallest absolute Gasteiger partial charge is 0.318 e. The Balaban J connectivity index is 1.27. The predicted octanol–water partition coefficient (Wildman–Crippen LogP) is 4.60. The van der Waals surface area contributed by atoms with Crippen molar-refractivity contribution in [1.82, 2.24) is 15.5 Å². The molecular weight excluding hydrogens is 634 g/mol. The van der Waals surface area contributed by atoms with Gasteiger partial charge in [-0.15, -0.1) is 0 Å². The summed E-state index contributed by atoms with van der Waals surface area (Å²) in [5.74, 6) is -0.808. The minimum atomic E-state index is -1.23. The van der Waals surface area contributed by atoms with Crippen molar-refractivity contribution < 1.29 is 24.4 Å². The van der Waals surface area contributed by atoms with Crippen LogP contribution in [0.4, 0.5) is 16.2 Å². The van der Waals surface area contributed by atoms with Gasteiger partial charge in [0.1, 0.15) is 11.6 Å². The summed E-state index contributed by atoms with van der Waals surface area (Å²) in [6.45, 7) is 5.76. The predicted molar refractivity (Wildman–Crippen MR) is 183 cm³/mol. The van der Waals surface area contributed by atoms with Gasteiger partial charge in [0.2, 0.25) is 5.91 Å². The molecule has 2 saturated carbocycles. The molecule has 3 aliphatic carbocycles. The first-order valence-corrected chi connectivity index (χ1v) is 16.9. The van der Waals surface area contributed by atoms with Gasteiger partial charge in [-0.1, -0.05) is 48.8 Å². The van der Waals surface area contributed by atoms with E-state index in [-0.39, 0.29) is 48.4 Å². The van der Waals surface area contributed by atoms with Crippen molar-refractivity contribution in [2.24, 2.45) is 28.8 Å². The molecule has 3 fully saturated rings. The molecule has 6 rings (SSSR count). The summed E-state index contributed by atoms with van der Waals surface area (Å²) in [4.78, 5) is 56.2. The zero-order valence-corrected chi connectivity index (χ0v) is 28.1. The van der Waals surface area contributed by atoms with Crippen LogP contribution in [0.25, 0.3) is 0 Å². The van der Waals surface area contributed by atoms with Crippen LogP contribution in [0.3, 0.4) is 0 Å². The van der Waals surface area contributed by atoms with Gasteiger partial charge in [0, 0.05) is 25.1 Å². The first kappa shape index (κ1) is 33.5. The lowest BCUT2D eigenvalue weighted by molar-refractivity contribution is -0.125.